The van der Waals surface area contributed by atoms with Gasteiger partial charge in [-0.1, -0.05) is 19.8 Å². The Morgan fingerprint density at radius 1 is 1.33 bits per heavy atom. The van der Waals surface area contributed by atoms with Crippen molar-refractivity contribution in [1.29, 1.82) is 0 Å². The van der Waals surface area contributed by atoms with Crippen LogP contribution in [-0.4, -0.2) is 28.5 Å². The highest BCUT2D eigenvalue weighted by atomic mass is 32.1. The van der Waals surface area contributed by atoms with Crippen molar-refractivity contribution in [3.05, 3.63) is 16.1 Å². The van der Waals surface area contributed by atoms with Crippen LogP contribution in [0.2, 0.25) is 0 Å². The predicted molar refractivity (Wildman–Crippen MR) is 91.6 cm³/mol. The molecule has 2 rings (SSSR count). The third-order valence-corrected chi connectivity index (χ3v) is 5.31. The van der Waals surface area contributed by atoms with Gasteiger partial charge in [-0.25, -0.2) is 4.98 Å². The molecule has 0 radical (unpaired) electrons. The molecule has 0 aromatic carbocycles. The molecule has 120 valence electrons. The Bertz CT molecular complexity index is 435. The molecule has 1 aliphatic rings. The summed E-state index contributed by atoms with van der Waals surface area (Å²) in [6.45, 7) is 10.8. The van der Waals surface area contributed by atoms with E-state index >= 15 is 0 Å². The van der Waals surface area contributed by atoms with Crippen molar-refractivity contribution in [2.45, 2.75) is 78.0 Å². The number of hydrogen-bond acceptors (Lipinski definition) is 4. The lowest BCUT2D eigenvalue weighted by Gasteiger charge is -2.35. The molecule has 4 heteroatoms. The first-order valence-electron chi connectivity index (χ1n) is 8.24. The summed E-state index contributed by atoms with van der Waals surface area (Å²) >= 11 is 1.78. The normalized spacial score (nSPS) is 23.7. The molecule has 2 atom stereocenters. The maximum Gasteiger partial charge on any atom is 0.107 e. The molecule has 21 heavy (non-hydrogen) atoms. The first-order valence-corrected chi connectivity index (χ1v) is 9.11. The van der Waals surface area contributed by atoms with E-state index in [1.54, 1.807) is 11.3 Å². The third-order valence-electron chi connectivity index (χ3n) is 4.41. The maximum atomic E-state index is 4.79. The van der Waals surface area contributed by atoms with Crippen molar-refractivity contribution in [3.63, 3.8) is 0 Å². The van der Waals surface area contributed by atoms with Crippen molar-refractivity contribution in [2.24, 2.45) is 5.92 Å². The minimum absolute atomic E-state index is 0.153. The smallest absolute Gasteiger partial charge is 0.107 e. The van der Waals surface area contributed by atoms with Gasteiger partial charge in [0.05, 0.1) is 5.69 Å². The summed E-state index contributed by atoms with van der Waals surface area (Å²) in [6.07, 6.45) is 5.52. The van der Waals surface area contributed by atoms with Crippen LogP contribution in [0.3, 0.4) is 0 Å². The molecule has 0 amide bonds. The van der Waals surface area contributed by atoms with Crippen molar-refractivity contribution in [3.8, 4) is 0 Å². The van der Waals surface area contributed by atoms with E-state index in [1.165, 1.54) is 36.4 Å². The topological polar surface area (TPSA) is 28.2 Å². The van der Waals surface area contributed by atoms with Crippen molar-refractivity contribution < 1.29 is 0 Å². The lowest BCUT2D eigenvalue weighted by molar-refractivity contribution is 0.132. The Morgan fingerprint density at radius 2 is 2.05 bits per heavy atom. The molecular weight excluding hydrogens is 278 g/mol. The van der Waals surface area contributed by atoms with E-state index in [1.807, 2.05) is 0 Å². The van der Waals surface area contributed by atoms with Crippen LogP contribution in [0.25, 0.3) is 0 Å². The molecule has 1 heterocycles. The molecule has 3 nitrogen and oxygen atoms in total. The van der Waals surface area contributed by atoms with Gasteiger partial charge >= 0.3 is 0 Å². The Kier molecular flexibility index (Phi) is 5.81. The van der Waals surface area contributed by atoms with Gasteiger partial charge in [0.1, 0.15) is 5.01 Å². The second kappa shape index (κ2) is 7.21. The van der Waals surface area contributed by atoms with Gasteiger partial charge in [-0.05, 0) is 46.6 Å². The molecule has 0 bridgehead atoms. The molecular formula is C17H31N3S. The Balaban J connectivity index is 1.86. The third kappa shape index (κ3) is 5.35. The lowest BCUT2D eigenvalue weighted by atomic mass is 9.85. The zero-order valence-electron chi connectivity index (χ0n) is 14.3. The summed E-state index contributed by atoms with van der Waals surface area (Å²) in [4.78, 5) is 7.30. The van der Waals surface area contributed by atoms with E-state index in [9.17, 15) is 0 Å². The second-order valence-corrected chi connectivity index (χ2v) is 8.52. The van der Waals surface area contributed by atoms with Gasteiger partial charge in [0.25, 0.3) is 0 Å². The van der Waals surface area contributed by atoms with Crippen LogP contribution < -0.4 is 5.32 Å². The highest BCUT2D eigenvalue weighted by molar-refractivity contribution is 7.09. The predicted octanol–water partition coefficient (Wildman–Crippen LogP) is 4.04. The quantitative estimate of drug-likeness (QED) is 0.889. The molecule has 0 aliphatic heterocycles. The van der Waals surface area contributed by atoms with Crippen LogP contribution in [-0.2, 0) is 13.1 Å². The van der Waals surface area contributed by atoms with E-state index in [2.05, 4.69) is 50.3 Å². The van der Waals surface area contributed by atoms with Crippen LogP contribution in [0.4, 0.5) is 0 Å². The Labute approximate surface area is 134 Å². The van der Waals surface area contributed by atoms with E-state index in [4.69, 9.17) is 4.98 Å². The van der Waals surface area contributed by atoms with Crippen molar-refractivity contribution >= 4 is 11.3 Å². The highest BCUT2D eigenvalue weighted by Gasteiger charge is 2.25. The molecule has 0 saturated heterocycles. The number of nitrogens with zero attached hydrogens (tertiary/aromatic N) is 2. The molecule has 1 aromatic rings. The fraction of sp³-hybridized carbons (Fsp3) is 0.824. The van der Waals surface area contributed by atoms with Crippen molar-refractivity contribution in [1.82, 2.24) is 15.2 Å². The number of aromatic nitrogens is 1. The average molecular weight is 310 g/mol. The Hall–Kier alpha value is -0.450. The number of nitrogens with one attached hydrogen (secondary N) is 1. The molecule has 1 aromatic heterocycles. The van der Waals surface area contributed by atoms with E-state index in [0.29, 0.717) is 0 Å². The fourth-order valence-electron chi connectivity index (χ4n) is 3.17. The first-order chi connectivity index (χ1) is 9.85. The largest absolute Gasteiger partial charge is 0.306 e. The second-order valence-electron chi connectivity index (χ2n) is 7.58. The van der Waals surface area contributed by atoms with Gasteiger partial charge in [0.2, 0.25) is 0 Å². The highest BCUT2D eigenvalue weighted by Crippen LogP contribution is 2.28. The zero-order chi connectivity index (χ0) is 15.5. The SMILES string of the molecule is CC1CCCCC1N(C)Cc1csc(CNC(C)(C)C)n1. The van der Waals surface area contributed by atoms with Gasteiger partial charge in [-0.2, -0.15) is 0 Å². The van der Waals surface area contributed by atoms with Crippen molar-refractivity contribution in [2.75, 3.05) is 7.05 Å². The van der Waals surface area contributed by atoms with Crippen LogP contribution in [0.15, 0.2) is 5.38 Å². The summed E-state index contributed by atoms with van der Waals surface area (Å²) in [5.41, 5.74) is 1.38. The molecule has 1 N–H and O–H groups in total. The van der Waals surface area contributed by atoms with Gasteiger partial charge in [-0.3, -0.25) is 4.90 Å². The first kappa shape index (κ1) is 16.9. The van der Waals surface area contributed by atoms with E-state index < -0.39 is 0 Å². The van der Waals surface area contributed by atoms with Crippen LogP contribution in [0.1, 0.15) is 64.1 Å². The summed E-state index contributed by atoms with van der Waals surface area (Å²) in [5, 5.41) is 6.93. The number of rotatable bonds is 5. The average Bonchev–Trinajstić information content (AvgIpc) is 2.83. The standard InChI is InChI=1S/C17H31N3S/c1-13-8-6-7-9-15(13)20(5)11-14-12-21-16(19-14)10-18-17(2,3)4/h12-13,15,18H,6-11H2,1-5H3. The summed E-state index contributed by atoms with van der Waals surface area (Å²) in [7, 11) is 2.26. The molecule has 1 saturated carbocycles. The van der Waals surface area contributed by atoms with Gasteiger partial charge in [0.15, 0.2) is 0 Å². The monoisotopic (exact) mass is 309 g/mol. The van der Waals surface area contributed by atoms with Gasteiger partial charge < -0.3 is 5.32 Å². The zero-order valence-corrected chi connectivity index (χ0v) is 15.1. The minimum Gasteiger partial charge on any atom is -0.306 e. The van der Waals surface area contributed by atoms with E-state index in [0.717, 1.165) is 25.0 Å². The lowest BCUT2D eigenvalue weighted by Crippen LogP contribution is -2.38. The number of hydrogen-bond donors (Lipinski definition) is 1. The maximum absolute atomic E-state index is 4.79. The van der Waals surface area contributed by atoms with Crippen LogP contribution in [0, 0.1) is 5.92 Å². The number of thiazole rings is 1. The van der Waals surface area contributed by atoms with Gasteiger partial charge in [-0.15, -0.1) is 11.3 Å². The summed E-state index contributed by atoms with van der Waals surface area (Å²) in [5.74, 6) is 0.824. The molecule has 2 unspecified atom stereocenters. The Morgan fingerprint density at radius 3 is 2.71 bits per heavy atom. The molecule has 0 spiro atoms. The summed E-state index contributed by atoms with van der Waals surface area (Å²) < 4.78 is 0. The summed E-state index contributed by atoms with van der Waals surface area (Å²) in [6, 6.07) is 0.733. The minimum atomic E-state index is 0.153. The van der Waals surface area contributed by atoms with Crippen LogP contribution in [0.5, 0.6) is 0 Å². The molecule has 1 aliphatic carbocycles. The van der Waals surface area contributed by atoms with E-state index in [-0.39, 0.29) is 5.54 Å². The fourth-order valence-corrected chi connectivity index (χ4v) is 3.89. The van der Waals surface area contributed by atoms with Crippen LogP contribution >= 0.6 is 11.3 Å². The molecule has 1 fully saturated rings. The van der Waals surface area contributed by atoms with Gasteiger partial charge in [0, 0.05) is 30.1 Å².